The molecule has 25 heteroatoms. The van der Waals surface area contributed by atoms with Gasteiger partial charge in [0.15, 0.2) is 48.8 Å². The molecule has 322 valence electrons. The Hall–Kier alpha value is -5.23. The van der Waals surface area contributed by atoms with E-state index in [0.717, 1.165) is 41.7 Å². The maximum absolute atomic E-state index is 14.1. The second-order valence-corrected chi connectivity index (χ2v) is 14.3. The van der Waals surface area contributed by atoms with E-state index in [9.17, 15) is 52.9 Å². The van der Waals surface area contributed by atoms with Crippen LogP contribution in [-0.4, -0.2) is 145 Å². The van der Waals surface area contributed by atoms with Crippen molar-refractivity contribution in [2.75, 3.05) is 20.3 Å². The Morgan fingerprint density at radius 1 is 0.810 bits per heavy atom. The van der Waals surface area contributed by atoms with E-state index in [-0.39, 0.29) is 5.75 Å². The molecule has 0 bridgehead atoms. The average molecular weight is 851 g/mol. The first-order valence-electron chi connectivity index (χ1n) is 17.0. The van der Waals surface area contributed by atoms with Crippen molar-refractivity contribution in [3.8, 4) is 5.75 Å². The number of esters is 4. The topological polar surface area (TPSA) is 334 Å². The molecule has 2 fully saturated rings. The largest absolute Gasteiger partial charge is 0.514 e. The van der Waals surface area contributed by atoms with Gasteiger partial charge in [0, 0.05) is 41.7 Å². The number of aliphatic carboxylic acids is 1. The van der Waals surface area contributed by atoms with Crippen LogP contribution < -0.4 is 15.8 Å². The summed E-state index contributed by atoms with van der Waals surface area (Å²) in [5.41, 5.74) is 5.56. The van der Waals surface area contributed by atoms with Crippen molar-refractivity contribution >= 4 is 55.4 Å². The summed E-state index contributed by atoms with van der Waals surface area (Å²) in [5, 5.41) is 11.8. The van der Waals surface area contributed by atoms with Crippen molar-refractivity contribution in [2.24, 2.45) is 5.73 Å². The zero-order chi connectivity index (χ0) is 43.5. The van der Waals surface area contributed by atoms with E-state index in [0.29, 0.717) is 0 Å². The van der Waals surface area contributed by atoms with Crippen LogP contribution in [-0.2, 0) is 85.3 Å². The molecule has 0 radical (unpaired) electrons. The number of ether oxygens (including phenoxy) is 10. The number of carboxylic acid groups (broad SMARTS) is 1. The van der Waals surface area contributed by atoms with E-state index in [1.165, 1.54) is 24.3 Å². The van der Waals surface area contributed by atoms with Gasteiger partial charge in [0.25, 0.3) is 5.91 Å². The monoisotopic (exact) mass is 850 g/mol. The summed E-state index contributed by atoms with van der Waals surface area (Å²) in [6, 6.07) is 5.43. The number of nitrogens with two attached hydrogens (primary N) is 1. The summed E-state index contributed by atoms with van der Waals surface area (Å²) in [4.78, 5) is 111. The molecule has 2 heterocycles. The van der Waals surface area contributed by atoms with E-state index >= 15 is 0 Å². The van der Waals surface area contributed by atoms with Gasteiger partial charge in [-0.25, -0.2) is 9.59 Å². The molecule has 3 rings (SSSR count). The number of carbonyl (C=O) groups excluding carboxylic acids is 7. The van der Waals surface area contributed by atoms with Crippen LogP contribution in [0.2, 0.25) is 0 Å². The fourth-order valence-corrected chi connectivity index (χ4v) is 7.08. The first kappa shape index (κ1) is 47.1. The maximum atomic E-state index is 14.1. The van der Waals surface area contributed by atoms with Gasteiger partial charge in [-0.05, 0) is 12.1 Å². The number of hydrogen-bond donors (Lipinski definition) is 4. The van der Waals surface area contributed by atoms with Gasteiger partial charge in [0.05, 0.1) is 6.61 Å². The lowest BCUT2D eigenvalue weighted by Gasteiger charge is -2.49. The summed E-state index contributed by atoms with van der Waals surface area (Å²) in [6.07, 6.45) is -19.5. The highest BCUT2D eigenvalue weighted by atomic mass is 31.2. The average Bonchev–Trinajstić information content (AvgIpc) is 3.10. The summed E-state index contributed by atoms with van der Waals surface area (Å²) in [7, 11) is -4.63. The summed E-state index contributed by atoms with van der Waals surface area (Å²) >= 11 is 0. The Kier molecular flexibility index (Phi) is 17.0. The molecule has 58 heavy (non-hydrogen) atoms. The van der Waals surface area contributed by atoms with Gasteiger partial charge >= 0.3 is 43.6 Å². The fourth-order valence-electron chi connectivity index (χ4n) is 5.69. The number of primary amides is 1. The van der Waals surface area contributed by atoms with Gasteiger partial charge in [-0.15, -0.1) is 0 Å². The number of hydrogen-bond acceptors (Lipinski definition) is 20. The molecule has 2 amide bonds. The van der Waals surface area contributed by atoms with Gasteiger partial charge in [-0.3, -0.25) is 33.3 Å². The van der Waals surface area contributed by atoms with Gasteiger partial charge in [-0.1, -0.05) is 18.2 Å². The van der Waals surface area contributed by atoms with Gasteiger partial charge < -0.3 is 72.9 Å². The lowest BCUT2D eigenvalue weighted by Crippen LogP contribution is -2.69. The predicted octanol–water partition coefficient (Wildman–Crippen LogP) is -0.945. The van der Waals surface area contributed by atoms with Crippen LogP contribution >= 0.6 is 7.60 Å². The van der Waals surface area contributed by atoms with Gasteiger partial charge in [-0.2, -0.15) is 0 Å². The van der Waals surface area contributed by atoms with Crippen LogP contribution in [0.25, 0.3) is 0 Å². The van der Waals surface area contributed by atoms with Gasteiger partial charge in [0.1, 0.15) is 30.6 Å². The molecule has 1 aromatic rings. The number of para-hydroxylation sites is 1. The van der Waals surface area contributed by atoms with Crippen molar-refractivity contribution < 1.29 is 105 Å². The fraction of sp³-hybridized carbons (Fsp3) is 0.576. The van der Waals surface area contributed by atoms with Crippen LogP contribution in [0.1, 0.15) is 34.6 Å². The van der Waals surface area contributed by atoms with Crippen LogP contribution in [0.4, 0.5) is 4.79 Å². The normalized spacial score (nSPS) is 28.3. The molecule has 0 spiro atoms. The minimum absolute atomic E-state index is 0.102. The molecular weight excluding hydrogens is 807 g/mol. The number of methoxy groups -OCH3 is 1. The Balaban J connectivity index is 2.30. The number of rotatable bonds is 17. The molecule has 24 nitrogen and oxygen atoms in total. The summed E-state index contributed by atoms with van der Waals surface area (Å²) in [5.74, 6) is -10.6. The summed E-state index contributed by atoms with van der Waals surface area (Å²) in [6.45, 7) is 2.94. The zero-order valence-corrected chi connectivity index (χ0v) is 32.6. The van der Waals surface area contributed by atoms with E-state index < -0.39 is 136 Å². The molecule has 2 aliphatic heterocycles. The summed E-state index contributed by atoms with van der Waals surface area (Å²) < 4.78 is 73.6. The number of nitrogens with one attached hydrogen (secondary N) is 1. The first-order chi connectivity index (χ1) is 27.1. The smallest absolute Gasteiger partial charge is 0.479 e. The first-order valence-corrected chi connectivity index (χ1v) is 18.6. The zero-order valence-electron chi connectivity index (χ0n) is 31.7. The van der Waals surface area contributed by atoms with E-state index in [1.807, 2.05) is 0 Å². The standard InChI is InChI=1S/C33H43N2O22P/c1-14(36)35-22-24(51-17(4)39)23(50-16(3)38)20(12-48-15(2)37)54-31(22)55-28-26(57-33(44)53-19-10-8-7-9-11-19)25(52-18(5)40)27(29(34)41)56-32(28)58(45,46)49-13-21(47-6)30(42)43/h7-11,20-28,31-32H,12-13H2,1-6H3,(H2,34,41)(H,35,36)(H,42,43)(H,45,46)/t20?,21-,22?,23-,24?,25-,26?,27?,28?,31+,32+/m1/s1. The molecule has 0 aromatic heterocycles. The molecule has 1 aromatic carbocycles. The third-order valence-corrected chi connectivity index (χ3v) is 9.50. The quantitative estimate of drug-likeness (QED) is 0.0635. The molecule has 2 aliphatic rings. The highest BCUT2D eigenvalue weighted by molar-refractivity contribution is 7.53. The van der Waals surface area contributed by atoms with E-state index in [4.69, 9.17) is 57.6 Å². The minimum Gasteiger partial charge on any atom is -0.479 e. The van der Waals surface area contributed by atoms with Crippen molar-refractivity contribution in [1.82, 2.24) is 5.32 Å². The number of amides is 2. The molecule has 2 saturated heterocycles. The molecule has 5 N–H and O–H groups in total. The Bertz CT molecular complexity index is 1730. The van der Waals surface area contributed by atoms with Crippen LogP contribution in [0.3, 0.4) is 0 Å². The SMILES string of the molecule is CO[C@H](COP(=O)(O)[C@@H]1OC(C(N)=O)[C@H](OC(C)=O)C(OC(=O)Oc2ccccc2)C1O[C@@H]1OC(COC(C)=O)[C@@H](OC(C)=O)C(OC(C)=O)C1NC(C)=O)C(=O)O. The number of benzene rings is 1. The third kappa shape index (κ3) is 13.2. The highest BCUT2D eigenvalue weighted by Gasteiger charge is 2.61. The van der Waals surface area contributed by atoms with E-state index in [2.05, 4.69) is 5.32 Å². The lowest BCUT2D eigenvalue weighted by atomic mass is 9.95. The van der Waals surface area contributed by atoms with Crippen molar-refractivity contribution in [3.05, 3.63) is 30.3 Å². The minimum atomic E-state index is -5.58. The second kappa shape index (κ2) is 21.0. The molecular formula is C33H43N2O22P. The second-order valence-electron chi connectivity index (χ2n) is 12.4. The molecule has 0 aliphatic carbocycles. The maximum Gasteiger partial charge on any atom is 0.514 e. The van der Waals surface area contributed by atoms with Crippen molar-refractivity contribution in [1.29, 1.82) is 0 Å². The highest BCUT2D eigenvalue weighted by Crippen LogP contribution is 2.54. The predicted molar refractivity (Wildman–Crippen MR) is 184 cm³/mol. The van der Waals surface area contributed by atoms with Crippen molar-refractivity contribution in [2.45, 2.75) is 102 Å². The van der Waals surface area contributed by atoms with Crippen LogP contribution in [0.15, 0.2) is 30.3 Å². The molecule has 7 unspecified atom stereocenters. The van der Waals surface area contributed by atoms with E-state index in [1.54, 1.807) is 6.07 Å². The van der Waals surface area contributed by atoms with Crippen molar-refractivity contribution in [3.63, 3.8) is 0 Å². The van der Waals surface area contributed by atoms with Gasteiger partial charge in [0.2, 0.25) is 5.91 Å². The van der Waals surface area contributed by atoms with Crippen LogP contribution in [0, 0.1) is 0 Å². The lowest BCUT2D eigenvalue weighted by molar-refractivity contribution is -0.315. The molecule has 12 atom stereocenters. The van der Waals surface area contributed by atoms with Crippen LogP contribution in [0.5, 0.6) is 5.75 Å². The number of carbonyl (C=O) groups is 8. The Labute approximate surface area is 329 Å². The third-order valence-electron chi connectivity index (χ3n) is 7.93. The number of carboxylic acids is 1. The Morgan fingerprint density at radius 3 is 1.91 bits per heavy atom. The Morgan fingerprint density at radius 2 is 1.40 bits per heavy atom. The molecule has 0 saturated carbocycles.